The van der Waals surface area contributed by atoms with E-state index in [1.54, 1.807) is 0 Å². The Morgan fingerprint density at radius 2 is 2.05 bits per heavy atom. The van der Waals surface area contributed by atoms with Gasteiger partial charge in [-0.2, -0.15) is 0 Å². The van der Waals surface area contributed by atoms with Gasteiger partial charge in [-0.1, -0.05) is 12.1 Å². The fourth-order valence-electron chi connectivity index (χ4n) is 2.74. The van der Waals surface area contributed by atoms with E-state index in [1.165, 1.54) is 11.3 Å². The molecule has 118 valence electrons. The lowest BCUT2D eigenvalue weighted by Gasteiger charge is -2.29. The van der Waals surface area contributed by atoms with Crippen molar-refractivity contribution in [3.63, 3.8) is 0 Å². The zero-order chi connectivity index (χ0) is 15.5. The number of piperidine rings is 1. The Bertz CT molecular complexity index is 659. The number of fused-ring (bicyclic) bond motifs is 1. The summed E-state index contributed by atoms with van der Waals surface area (Å²) in [6.07, 6.45) is 2.15. The van der Waals surface area contributed by atoms with Crippen molar-refractivity contribution in [1.29, 1.82) is 0 Å². The summed E-state index contributed by atoms with van der Waals surface area (Å²) >= 11 is 1.45. The first-order valence-corrected chi connectivity index (χ1v) is 8.54. The van der Waals surface area contributed by atoms with E-state index < -0.39 is 0 Å². The van der Waals surface area contributed by atoms with E-state index in [0.29, 0.717) is 17.2 Å². The lowest BCUT2D eigenvalue weighted by atomic mass is 10.1. The van der Waals surface area contributed by atoms with Crippen LogP contribution in [0.4, 0.5) is 0 Å². The highest BCUT2D eigenvalue weighted by atomic mass is 32.1. The monoisotopic (exact) mass is 319 g/mol. The van der Waals surface area contributed by atoms with Crippen LogP contribution in [0, 0.1) is 0 Å². The van der Waals surface area contributed by atoms with Gasteiger partial charge in [-0.05, 0) is 38.9 Å². The molecule has 0 N–H and O–H groups in total. The number of hydrogen-bond donors (Lipinski definition) is 0. The molecule has 0 atom stereocenters. The van der Waals surface area contributed by atoms with E-state index in [4.69, 9.17) is 9.47 Å². The minimum atomic E-state index is -0.286. The van der Waals surface area contributed by atoms with Gasteiger partial charge in [0.05, 0.1) is 6.61 Å². The van der Waals surface area contributed by atoms with Gasteiger partial charge in [0.1, 0.15) is 6.10 Å². The summed E-state index contributed by atoms with van der Waals surface area (Å²) in [6, 6.07) is 7.99. The SMILES string of the molecule is CCOC(=O)c1sc2ccccc2c1OC1CCN(C)CC1. The van der Waals surface area contributed by atoms with Crippen LogP contribution in [0.1, 0.15) is 29.4 Å². The minimum Gasteiger partial charge on any atom is -0.488 e. The van der Waals surface area contributed by atoms with Gasteiger partial charge in [0.15, 0.2) is 10.6 Å². The van der Waals surface area contributed by atoms with Crippen molar-refractivity contribution < 1.29 is 14.3 Å². The van der Waals surface area contributed by atoms with E-state index >= 15 is 0 Å². The number of benzene rings is 1. The van der Waals surface area contributed by atoms with Gasteiger partial charge in [-0.15, -0.1) is 11.3 Å². The predicted octanol–water partition coefficient (Wildman–Crippen LogP) is 3.55. The third-order valence-corrected chi connectivity index (χ3v) is 5.09. The smallest absolute Gasteiger partial charge is 0.352 e. The molecule has 2 aromatic rings. The molecule has 0 aliphatic carbocycles. The molecule has 0 bridgehead atoms. The van der Waals surface area contributed by atoms with Crippen LogP contribution in [-0.4, -0.2) is 43.7 Å². The quantitative estimate of drug-likeness (QED) is 0.808. The number of hydrogen-bond acceptors (Lipinski definition) is 5. The maximum Gasteiger partial charge on any atom is 0.352 e. The molecule has 0 unspecified atom stereocenters. The molecule has 0 saturated carbocycles. The molecule has 22 heavy (non-hydrogen) atoms. The molecule has 1 fully saturated rings. The molecule has 0 amide bonds. The Labute approximate surface area is 134 Å². The van der Waals surface area contributed by atoms with Crippen molar-refractivity contribution in [3.8, 4) is 5.75 Å². The van der Waals surface area contributed by atoms with Crippen molar-refractivity contribution in [2.45, 2.75) is 25.9 Å². The van der Waals surface area contributed by atoms with Gasteiger partial charge >= 0.3 is 5.97 Å². The highest BCUT2D eigenvalue weighted by molar-refractivity contribution is 7.21. The summed E-state index contributed by atoms with van der Waals surface area (Å²) in [5, 5.41) is 1.01. The van der Waals surface area contributed by atoms with Gasteiger partial charge in [-0.3, -0.25) is 0 Å². The first-order valence-electron chi connectivity index (χ1n) is 7.73. The number of carbonyl (C=O) groups excluding carboxylic acids is 1. The molecule has 5 heteroatoms. The largest absolute Gasteiger partial charge is 0.488 e. The average molecular weight is 319 g/mol. The number of thiophene rings is 1. The predicted molar refractivity (Wildman–Crippen MR) is 88.9 cm³/mol. The molecule has 0 radical (unpaired) electrons. The summed E-state index contributed by atoms with van der Waals surface area (Å²) in [4.78, 5) is 15.1. The van der Waals surface area contributed by atoms with Crippen LogP contribution in [0.3, 0.4) is 0 Å². The molecule has 1 aliphatic heterocycles. The molecule has 1 saturated heterocycles. The zero-order valence-electron chi connectivity index (χ0n) is 13.0. The van der Waals surface area contributed by atoms with E-state index in [9.17, 15) is 4.79 Å². The highest BCUT2D eigenvalue weighted by Gasteiger charge is 2.25. The number of likely N-dealkylation sites (tertiary alicyclic amines) is 1. The van der Waals surface area contributed by atoms with Crippen molar-refractivity contribution in [3.05, 3.63) is 29.1 Å². The number of rotatable bonds is 4. The van der Waals surface area contributed by atoms with Gasteiger partial charge in [-0.25, -0.2) is 4.79 Å². The van der Waals surface area contributed by atoms with Gasteiger partial charge < -0.3 is 14.4 Å². The van der Waals surface area contributed by atoms with Crippen LogP contribution in [-0.2, 0) is 4.74 Å². The van der Waals surface area contributed by atoms with Crippen LogP contribution in [0.15, 0.2) is 24.3 Å². The molecular formula is C17H21NO3S. The topological polar surface area (TPSA) is 38.8 Å². The Balaban J connectivity index is 1.91. The lowest BCUT2D eigenvalue weighted by Crippen LogP contribution is -2.35. The number of esters is 1. The molecule has 0 spiro atoms. The van der Waals surface area contributed by atoms with E-state index in [-0.39, 0.29) is 12.1 Å². The van der Waals surface area contributed by atoms with E-state index in [2.05, 4.69) is 11.9 Å². The van der Waals surface area contributed by atoms with Crippen LogP contribution in [0.25, 0.3) is 10.1 Å². The number of ether oxygens (including phenoxy) is 2. The Morgan fingerprint density at radius 1 is 1.32 bits per heavy atom. The maximum absolute atomic E-state index is 12.2. The first-order chi connectivity index (χ1) is 10.7. The molecule has 1 aromatic carbocycles. The van der Waals surface area contributed by atoms with Gasteiger partial charge in [0, 0.05) is 23.2 Å². The number of carbonyl (C=O) groups is 1. The summed E-state index contributed by atoms with van der Waals surface area (Å²) in [6.45, 7) is 4.26. The third kappa shape index (κ3) is 3.10. The normalized spacial score (nSPS) is 16.8. The van der Waals surface area contributed by atoms with Crippen LogP contribution >= 0.6 is 11.3 Å². The fraction of sp³-hybridized carbons (Fsp3) is 0.471. The third-order valence-electron chi connectivity index (χ3n) is 3.96. The average Bonchev–Trinajstić information content (AvgIpc) is 2.89. The van der Waals surface area contributed by atoms with Crippen molar-refractivity contribution >= 4 is 27.4 Å². The lowest BCUT2D eigenvalue weighted by molar-refractivity contribution is 0.0521. The minimum absolute atomic E-state index is 0.169. The number of nitrogens with zero attached hydrogens (tertiary/aromatic N) is 1. The second kappa shape index (κ2) is 6.67. The second-order valence-corrected chi connectivity index (χ2v) is 6.65. The fourth-order valence-corrected chi connectivity index (χ4v) is 3.77. The van der Waals surface area contributed by atoms with Gasteiger partial charge in [0.25, 0.3) is 0 Å². The summed E-state index contributed by atoms with van der Waals surface area (Å²) in [5.41, 5.74) is 0. The summed E-state index contributed by atoms with van der Waals surface area (Å²) in [7, 11) is 2.13. The van der Waals surface area contributed by atoms with Crippen LogP contribution in [0.5, 0.6) is 5.75 Å². The summed E-state index contributed by atoms with van der Waals surface area (Å²) < 4.78 is 12.5. The van der Waals surface area contributed by atoms with E-state index in [1.807, 2.05) is 31.2 Å². The Kier molecular flexibility index (Phi) is 4.64. The standard InChI is InChI=1S/C17H21NO3S/c1-3-20-17(19)16-15(13-6-4-5-7-14(13)22-16)21-12-8-10-18(2)11-9-12/h4-7,12H,3,8-11H2,1-2H3. The van der Waals surface area contributed by atoms with Crippen LogP contribution in [0.2, 0.25) is 0 Å². The molecule has 4 nitrogen and oxygen atoms in total. The second-order valence-electron chi connectivity index (χ2n) is 5.60. The zero-order valence-corrected chi connectivity index (χ0v) is 13.8. The molecule has 2 heterocycles. The van der Waals surface area contributed by atoms with Crippen molar-refractivity contribution in [2.24, 2.45) is 0 Å². The summed E-state index contributed by atoms with van der Waals surface area (Å²) in [5.74, 6) is 0.417. The van der Waals surface area contributed by atoms with Crippen molar-refractivity contribution in [2.75, 3.05) is 26.7 Å². The van der Waals surface area contributed by atoms with E-state index in [0.717, 1.165) is 36.0 Å². The van der Waals surface area contributed by atoms with Crippen molar-refractivity contribution in [1.82, 2.24) is 4.90 Å². The molecule has 1 aromatic heterocycles. The van der Waals surface area contributed by atoms with Gasteiger partial charge in [0.2, 0.25) is 0 Å². The maximum atomic E-state index is 12.2. The molecule has 1 aliphatic rings. The molecule has 3 rings (SSSR count). The Morgan fingerprint density at radius 3 is 2.77 bits per heavy atom. The molecular weight excluding hydrogens is 298 g/mol. The Hall–Kier alpha value is -1.59. The highest BCUT2D eigenvalue weighted by Crippen LogP contribution is 2.39. The van der Waals surface area contributed by atoms with Crippen LogP contribution < -0.4 is 4.74 Å². The first kappa shape index (κ1) is 15.3.